The molecular weight excluding hydrogens is 240 g/mol. The number of rotatable bonds is 7. The van der Waals surface area contributed by atoms with E-state index in [4.69, 9.17) is 9.52 Å². The zero-order valence-corrected chi connectivity index (χ0v) is 10.2. The molecule has 0 spiro atoms. The Balaban J connectivity index is 2.49. The van der Waals surface area contributed by atoms with E-state index in [9.17, 15) is 14.9 Å². The lowest BCUT2D eigenvalue weighted by atomic mass is 10.2. The Morgan fingerprint density at radius 2 is 2.17 bits per heavy atom. The molecular formula is C11H16N2O5. The van der Waals surface area contributed by atoms with Gasteiger partial charge in [-0.15, -0.1) is 0 Å². The molecule has 0 aliphatic heterocycles. The average Bonchev–Trinajstić information content (AvgIpc) is 2.83. The second kappa shape index (κ2) is 6.75. The van der Waals surface area contributed by atoms with E-state index < -0.39 is 10.8 Å². The van der Waals surface area contributed by atoms with Crippen molar-refractivity contribution in [2.24, 2.45) is 0 Å². The smallest absolute Gasteiger partial charge is 0.396 e. The fraction of sp³-hybridized carbons (Fsp3) is 0.545. The zero-order chi connectivity index (χ0) is 13.5. The van der Waals surface area contributed by atoms with Gasteiger partial charge in [-0.05, 0) is 25.3 Å². The average molecular weight is 256 g/mol. The molecule has 7 nitrogen and oxygen atoms in total. The van der Waals surface area contributed by atoms with Crippen molar-refractivity contribution < 1.29 is 19.2 Å². The standard InChI is InChI=1S/C11H16N2O5/c1-12(7-3-2-4-8-14)11(15)9-5-6-10(18-9)13(16)17/h5-6,14H,2-4,7-8H2,1H3. The van der Waals surface area contributed by atoms with Gasteiger partial charge >= 0.3 is 5.88 Å². The van der Waals surface area contributed by atoms with Gasteiger partial charge in [-0.25, -0.2) is 0 Å². The summed E-state index contributed by atoms with van der Waals surface area (Å²) in [6.45, 7) is 0.662. The number of nitrogens with zero attached hydrogens (tertiary/aromatic N) is 2. The number of amides is 1. The molecule has 0 radical (unpaired) electrons. The molecule has 0 atom stereocenters. The van der Waals surface area contributed by atoms with E-state index in [-0.39, 0.29) is 18.3 Å². The molecule has 7 heteroatoms. The summed E-state index contributed by atoms with van der Waals surface area (Å²) in [6.07, 6.45) is 2.30. The molecule has 1 aromatic rings. The first-order valence-corrected chi connectivity index (χ1v) is 5.67. The van der Waals surface area contributed by atoms with Crippen molar-refractivity contribution in [2.45, 2.75) is 19.3 Å². The summed E-state index contributed by atoms with van der Waals surface area (Å²) in [6, 6.07) is 2.46. The van der Waals surface area contributed by atoms with E-state index >= 15 is 0 Å². The third kappa shape index (κ3) is 3.85. The first kappa shape index (κ1) is 14.2. The van der Waals surface area contributed by atoms with E-state index in [2.05, 4.69) is 0 Å². The highest BCUT2D eigenvalue weighted by atomic mass is 16.6. The maximum Gasteiger partial charge on any atom is 0.433 e. The number of carbonyl (C=O) groups is 1. The van der Waals surface area contributed by atoms with Crippen molar-refractivity contribution in [3.05, 3.63) is 28.0 Å². The van der Waals surface area contributed by atoms with Crippen molar-refractivity contribution >= 4 is 11.8 Å². The Bertz CT molecular complexity index is 415. The Labute approximate surface area is 104 Å². The summed E-state index contributed by atoms with van der Waals surface area (Å²) in [5, 5.41) is 19.0. The Morgan fingerprint density at radius 1 is 1.44 bits per heavy atom. The number of unbranched alkanes of at least 4 members (excludes halogenated alkanes) is 2. The van der Waals surface area contributed by atoms with Crippen LogP contribution >= 0.6 is 0 Å². The van der Waals surface area contributed by atoms with Gasteiger partial charge in [-0.3, -0.25) is 14.9 Å². The van der Waals surface area contributed by atoms with Crippen LogP contribution in [0.4, 0.5) is 5.88 Å². The van der Waals surface area contributed by atoms with Gasteiger partial charge in [0.25, 0.3) is 5.91 Å². The minimum Gasteiger partial charge on any atom is -0.396 e. The van der Waals surface area contributed by atoms with Crippen LogP contribution in [-0.4, -0.2) is 41.0 Å². The molecule has 1 heterocycles. The van der Waals surface area contributed by atoms with Gasteiger partial charge in [0.05, 0.1) is 6.07 Å². The largest absolute Gasteiger partial charge is 0.433 e. The van der Waals surface area contributed by atoms with Gasteiger partial charge in [0.2, 0.25) is 0 Å². The van der Waals surface area contributed by atoms with E-state index in [0.29, 0.717) is 13.0 Å². The van der Waals surface area contributed by atoms with Crippen molar-refractivity contribution in [1.29, 1.82) is 0 Å². The fourth-order valence-electron chi connectivity index (χ4n) is 1.47. The maximum atomic E-state index is 11.8. The molecule has 18 heavy (non-hydrogen) atoms. The highest BCUT2D eigenvalue weighted by Gasteiger charge is 2.19. The number of aliphatic hydroxyl groups is 1. The number of furan rings is 1. The SMILES string of the molecule is CN(CCCCCO)C(=O)c1ccc([N+](=O)[O-])o1. The predicted molar refractivity (Wildman–Crippen MR) is 63.3 cm³/mol. The Kier molecular flexibility index (Phi) is 5.31. The van der Waals surface area contributed by atoms with Crippen LogP contribution in [-0.2, 0) is 0 Å². The summed E-state index contributed by atoms with van der Waals surface area (Å²) in [7, 11) is 1.61. The molecule has 1 N–H and O–H groups in total. The molecule has 0 aliphatic rings. The summed E-state index contributed by atoms with van der Waals surface area (Å²) in [4.78, 5) is 23.0. The molecule has 0 unspecified atom stereocenters. The molecule has 1 aromatic heterocycles. The van der Waals surface area contributed by atoms with Crippen molar-refractivity contribution in [2.75, 3.05) is 20.2 Å². The summed E-state index contributed by atoms with van der Waals surface area (Å²) in [5.74, 6) is -0.856. The maximum absolute atomic E-state index is 11.8. The highest BCUT2D eigenvalue weighted by molar-refractivity contribution is 5.91. The first-order valence-electron chi connectivity index (χ1n) is 5.67. The molecule has 100 valence electrons. The summed E-state index contributed by atoms with van der Waals surface area (Å²) in [5.41, 5.74) is 0. The van der Waals surface area contributed by atoms with Gasteiger partial charge in [0.15, 0.2) is 5.76 Å². The van der Waals surface area contributed by atoms with Gasteiger partial charge in [0.1, 0.15) is 4.92 Å². The highest BCUT2D eigenvalue weighted by Crippen LogP contribution is 2.17. The third-order valence-electron chi connectivity index (χ3n) is 2.48. The van der Waals surface area contributed by atoms with Crippen LogP contribution in [0.5, 0.6) is 0 Å². The van der Waals surface area contributed by atoms with Gasteiger partial charge in [-0.2, -0.15) is 0 Å². The van der Waals surface area contributed by atoms with Crippen molar-refractivity contribution in [3.8, 4) is 0 Å². The number of hydrogen-bond acceptors (Lipinski definition) is 5. The molecule has 0 aliphatic carbocycles. The van der Waals surface area contributed by atoms with Gasteiger partial charge in [-0.1, -0.05) is 0 Å². The second-order valence-corrected chi connectivity index (χ2v) is 3.91. The van der Waals surface area contributed by atoms with Crippen LogP contribution in [0, 0.1) is 10.1 Å². The molecule has 0 bridgehead atoms. The van der Waals surface area contributed by atoms with Crippen LogP contribution < -0.4 is 0 Å². The predicted octanol–water partition coefficient (Wildman–Crippen LogP) is 1.42. The monoisotopic (exact) mass is 256 g/mol. The van der Waals surface area contributed by atoms with Crippen LogP contribution in [0.15, 0.2) is 16.5 Å². The van der Waals surface area contributed by atoms with Crippen LogP contribution in [0.3, 0.4) is 0 Å². The molecule has 0 aromatic carbocycles. The minimum absolute atomic E-state index is 0.0358. The van der Waals surface area contributed by atoms with Crippen molar-refractivity contribution in [1.82, 2.24) is 4.90 Å². The summed E-state index contributed by atoms with van der Waals surface area (Å²) < 4.78 is 4.83. The third-order valence-corrected chi connectivity index (χ3v) is 2.48. The number of nitro groups is 1. The number of aliphatic hydroxyl groups excluding tert-OH is 1. The van der Waals surface area contributed by atoms with E-state index in [1.54, 1.807) is 7.05 Å². The number of hydrogen-bond donors (Lipinski definition) is 1. The second-order valence-electron chi connectivity index (χ2n) is 3.91. The van der Waals surface area contributed by atoms with Gasteiger partial charge < -0.3 is 14.4 Å². The van der Waals surface area contributed by atoms with E-state index in [0.717, 1.165) is 18.9 Å². The normalized spacial score (nSPS) is 10.3. The van der Waals surface area contributed by atoms with Crippen molar-refractivity contribution in [3.63, 3.8) is 0 Å². The lowest BCUT2D eigenvalue weighted by Gasteiger charge is -2.14. The number of carbonyl (C=O) groups excluding carboxylic acids is 1. The van der Waals surface area contributed by atoms with Crippen LogP contribution in [0.1, 0.15) is 29.8 Å². The topological polar surface area (TPSA) is 96.8 Å². The molecule has 0 saturated carbocycles. The van der Waals surface area contributed by atoms with E-state index in [1.165, 1.54) is 11.0 Å². The van der Waals surface area contributed by atoms with Crippen LogP contribution in [0.2, 0.25) is 0 Å². The molecule has 1 rings (SSSR count). The van der Waals surface area contributed by atoms with Gasteiger partial charge in [0, 0.05) is 20.2 Å². The molecule has 0 fully saturated rings. The minimum atomic E-state index is -0.683. The van der Waals surface area contributed by atoms with E-state index in [1.807, 2.05) is 0 Å². The first-order chi connectivity index (χ1) is 8.56. The summed E-state index contributed by atoms with van der Waals surface area (Å²) >= 11 is 0. The molecule has 1 amide bonds. The fourth-order valence-corrected chi connectivity index (χ4v) is 1.47. The molecule has 0 saturated heterocycles. The lowest BCUT2D eigenvalue weighted by molar-refractivity contribution is -0.402. The Morgan fingerprint density at radius 3 is 2.72 bits per heavy atom. The Hall–Kier alpha value is -1.89. The van der Waals surface area contributed by atoms with Crippen LogP contribution in [0.25, 0.3) is 0 Å². The lowest BCUT2D eigenvalue weighted by Crippen LogP contribution is -2.27. The zero-order valence-electron chi connectivity index (χ0n) is 10.2. The quantitative estimate of drug-likeness (QED) is 0.452.